The van der Waals surface area contributed by atoms with Crippen molar-refractivity contribution < 1.29 is 9.53 Å². The molecule has 0 bridgehead atoms. The second-order valence-electron chi connectivity index (χ2n) is 1.62. The summed E-state index contributed by atoms with van der Waals surface area (Å²) in [5, 5.41) is 8.15. The van der Waals surface area contributed by atoms with Crippen LogP contribution >= 0.6 is 0 Å². The predicted octanol–water partition coefficient (Wildman–Crippen LogP) is 0.852. The number of hydrogen-bond acceptors (Lipinski definition) is 3. The summed E-state index contributed by atoms with van der Waals surface area (Å²) in [5.41, 5.74) is 0. The van der Waals surface area contributed by atoms with Crippen molar-refractivity contribution in [3.05, 3.63) is 0 Å². The lowest BCUT2D eigenvalue weighted by Gasteiger charge is -2.06. The van der Waals surface area contributed by atoms with E-state index < -0.39 is 0 Å². The topological polar surface area (TPSA) is 50.1 Å². The van der Waals surface area contributed by atoms with E-state index in [1.54, 1.807) is 0 Å². The summed E-state index contributed by atoms with van der Waals surface area (Å²) in [5.74, 6) is 0. The van der Waals surface area contributed by atoms with Gasteiger partial charge in [-0.15, -0.1) is 0 Å². The Hall–Kier alpha value is -1.04. The number of carbonyl (C=O) groups is 1. The van der Waals surface area contributed by atoms with E-state index in [1.165, 1.54) is 0 Å². The molecule has 3 heteroatoms. The fourth-order valence-corrected chi connectivity index (χ4v) is 0.469. The monoisotopic (exact) mass is 127 g/mol. The number of carbonyl (C=O) groups excluding carboxylic acids is 1. The first kappa shape index (κ1) is 7.96. The van der Waals surface area contributed by atoms with Crippen molar-refractivity contribution >= 4 is 6.47 Å². The highest BCUT2D eigenvalue weighted by atomic mass is 16.5. The van der Waals surface area contributed by atoms with E-state index in [2.05, 4.69) is 4.74 Å². The molecule has 0 rings (SSSR count). The smallest absolute Gasteiger partial charge is 0.293 e. The molecule has 0 spiro atoms. The molecule has 0 fully saturated rings. The molecule has 0 aliphatic heterocycles. The molecule has 0 saturated carbocycles. The van der Waals surface area contributed by atoms with Crippen LogP contribution in [0.3, 0.4) is 0 Å². The molecule has 9 heavy (non-hydrogen) atoms. The average molecular weight is 127 g/mol. The second kappa shape index (κ2) is 5.10. The Bertz CT molecular complexity index is 117. The van der Waals surface area contributed by atoms with E-state index in [1.807, 2.05) is 13.0 Å². The minimum absolute atomic E-state index is 0.215. The van der Waals surface area contributed by atoms with E-state index in [-0.39, 0.29) is 12.5 Å². The van der Waals surface area contributed by atoms with Crippen LogP contribution in [-0.2, 0) is 9.53 Å². The van der Waals surface area contributed by atoms with Crippen molar-refractivity contribution in [2.75, 3.05) is 0 Å². The third-order valence-electron chi connectivity index (χ3n) is 1.02. The van der Waals surface area contributed by atoms with Gasteiger partial charge in [0.1, 0.15) is 6.10 Å². The van der Waals surface area contributed by atoms with E-state index in [0.717, 1.165) is 0 Å². The van der Waals surface area contributed by atoms with Crippen molar-refractivity contribution in [3.63, 3.8) is 0 Å². The number of nitrogens with zero attached hydrogens (tertiary/aromatic N) is 1. The maximum atomic E-state index is 9.72. The molecule has 0 aliphatic rings. The molecular weight excluding hydrogens is 118 g/mol. The van der Waals surface area contributed by atoms with Gasteiger partial charge >= 0.3 is 0 Å². The van der Waals surface area contributed by atoms with Crippen LogP contribution in [0.25, 0.3) is 0 Å². The largest absolute Gasteiger partial charge is 0.464 e. The summed E-state index contributed by atoms with van der Waals surface area (Å²) in [6, 6.07) is 1.92. The van der Waals surface area contributed by atoms with Gasteiger partial charge in [-0.25, -0.2) is 0 Å². The van der Waals surface area contributed by atoms with Gasteiger partial charge in [0.2, 0.25) is 0 Å². The Morgan fingerprint density at radius 2 is 2.56 bits per heavy atom. The van der Waals surface area contributed by atoms with Crippen molar-refractivity contribution in [1.29, 1.82) is 5.26 Å². The van der Waals surface area contributed by atoms with Crippen LogP contribution in [0.5, 0.6) is 0 Å². The molecule has 0 N–H and O–H groups in total. The summed E-state index contributed by atoms with van der Waals surface area (Å²) in [7, 11) is 0. The Kier molecular flexibility index (Phi) is 4.51. The second-order valence-corrected chi connectivity index (χ2v) is 1.62. The van der Waals surface area contributed by atoms with E-state index in [0.29, 0.717) is 12.9 Å². The van der Waals surface area contributed by atoms with Gasteiger partial charge in [0.15, 0.2) is 0 Å². The number of rotatable bonds is 4. The van der Waals surface area contributed by atoms with Crippen molar-refractivity contribution in [1.82, 2.24) is 0 Å². The van der Waals surface area contributed by atoms with E-state index in [9.17, 15) is 4.79 Å². The molecule has 0 amide bonds. The summed E-state index contributed by atoms with van der Waals surface area (Å²) < 4.78 is 4.53. The zero-order valence-electron chi connectivity index (χ0n) is 5.33. The van der Waals surface area contributed by atoms with Gasteiger partial charge in [0.25, 0.3) is 6.47 Å². The minimum atomic E-state index is -0.215. The van der Waals surface area contributed by atoms with Gasteiger partial charge in [-0.05, 0) is 6.42 Å². The Morgan fingerprint density at radius 3 is 2.89 bits per heavy atom. The van der Waals surface area contributed by atoms with Gasteiger partial charge in [-0.1, -0.05) is 6.92 Å². The van der Waals surface area contributed by atoms with Crippen LogP contribution in [0.15, 0.2) is 0 Å². The highest BCUT2D eigenvalue weighted by molar-refractivity contribution is 5.37. The zero-order valence-corrected chi connectivity index (χ0v) is 5.33. The lowest BCUT2D eigenvalue weighted by molar-refractivity contribution is -0.133. The van der Waals surface area contributed by atoms with E-state index >= 15 is 0 Å². The van der Waals surface area contributed by atoms with Crippen LogP contribution in [0.1, 0.15) is 19.8 Å². The average Bonchev–Trinajstić information content (AvgIpc) is 1.88. The normalized spacial score (nSPS) is 11.6. The van der Waals surface area contributed by atoms with Crippen molar-refractivity contribution in [3.8, 4) is 6.07 Å². The SMILES string of the molecule is CCC(CC#N)OC=O. The fraction of sp³-hybridized carbons (Fsp3) is 0.667. The number of ether oxygens (including phenoxy) is 1. The molecule has 0 saturated heterocycles. The van der Waals surface area contributed by atoms with Crippen molar-refractivity contribution in [2.24, 2.45) is 0 Å². The number of nitriles is 1. The maximum Gasteiger partial charge on any atom is 0.293 e. The van der Waals surface area contributed by atoms with Gasteiger partial charge < -0.3 is 4.74 Å². The Balaban J connectivity index is 3.43. The molecule has 3 nitrogen and oxygen atoms in total. The molecule has 1 unspecified atom stereocenters. The molecule has 0 radical (unpaired) electrons. The summed E-state index contributed by atoms with van der Waals surface area (Å²) in [6.07, 6.45) is 0.772. The van der Waals surface area contributed by atoms with E-state index in [4.69, 9.17) is 5.26 Å². The molecule has 1 atom stereocenters. The predicted molar refractivity (Wildman–Crippen MR) is 31.5 cm³/mol. The fourth-order valence-electron chi connectivity index (χ4n) is 0.469. The summed E-state index contributed by atoms with van der Waals surface area (Å²) in [4.78, 5) is 9.72. The number of hydrogen-bond donors (Lipinski definition) is 0. The third-order valence-corrected chi connectivity index (χ3v) is 1.02. The minimum Gasteiger partial charge on any atom is -0.464 e. The Morgan fingerprint density at radius 1 is 1.89 bits per heavy atom. The zero-order chi connectivity index (χ0) is 7.11. The molecule has 0 aromatic heterocycles. The lowest BCUT2D eigenvalue weighted by Crippen LogP contribution is -2.08. The molecule has 0 heterocycles. The summed E-state index contributed by atoms with van der Waals surface area (Å²) in [6.45, 7) is 2.25. The highest BCUT2D eigenvalue weighted by Crippen LogP contribution is 1.99. The maximum absolute atomic E-state index is 9.72. The molecule has 50 valence electrons. The van der Waals surface area contributed by atoms with Gasteiger partial charge in [-0.3, -0.25) is 4.79 Å². The first-order valence-corrected chi connectivity index (χ1v) is 2.81. The van der Waals surface area contributed by atoms with Crippen LogP contribution in [0, 0.1) is 11.3 Å². The van der Waals surface area contributed by atoms with Crippen LogP contribution in [-0.4, -0.2) is 12.6 Å². The summed E-state index contributed by atoms with van der Waals surface area (Å²) >= 11 is 0. The molecule has 0 aliphatic carbocycles. The third kappa shape index (κ3) is 3.53. The first-order chi connectivity index (χ1) is 4.35. The van der Waals surface area contributed by atoms with Gasteiger partial charge in [0.05, 0.1) is 12.5 Å². The highest BCUT2D eigenvalue weighted by Gasteiger charge is 2.02. The van der Waals surface area contributed by atoms with Gasteiger partial charge in [-0.2, -0.15) is 5.26 Å². The molecular formula is C6H9NO2. The Labute approximate surface area is 54.2 Å². The standard InChI is InChI=1S/C6H9NO2/c1-2-6(3-4-7)9-5-8/h5-6H,2-3H2,1H3. The lowest BCUT2D eigenvalue weighted by atomic mass is 10.2. The first-order valence-electron chi connectivity index (χ1n) is 2.81. The van der Waals surface area contributed by atoms with Crippen LogP contribution in [0.4, 0.5) is 0 Å². The molecule has 0 aromatic rings. The van der Waals surface area contributed by atoms with Crippen LogP contribution in [0.2, 0.25) is 0 Å². The van der Waals surface area contributed by atoms with Crippen LogP contribution < -0.4 is 0 Å². The van der Waals surface area contributed by atoms with Crippen molar-refractivity contribution in [2.45, 2.75) is 25.9 Å². The van der Waals surface area contributed by atoms with Gasteiger partial charge in [0, 0.05) is 0 Å². The molecule has 0 aromatic carbocycles. The quantitative estimate of drug-likeness (QED) is 0.526.